The summed E-state index contributed by atoms with van der Waals surface area (Å²) in [4.78, 5) is 17.6. The predicted molar refractivity (Wildman–Crippen MR) is 119 cm³/mol. The molecule has 4 heteroatoms. The molecule has 2 aromatic carbocycles. The van der Waals surface area contributed by atoms with Crippen LogP contribution in [0.3, 0.4) is 0 Å². The Morgan fingerprint density at radius 2 is 1.69 bits per heavy atom. The second-order valence-corrected chi connectivity index (χ2v) is 8.55. The molecular formula is C25H34N2O2. The van der Waals surface area contributed by atoms with Gasteiger partial charge in [0.1, 0.15) is 5.75 Å². The Hall–Kier alpha value is -2.33. The number of benzene rings is 2. The fourth-order valence-electron chi connectivity index (χ4n) is 4.04. The normalized spacial score (nSPS) is 15.5. The molecule has 1 fully saturated rings. The van der Waals surface area contributed by atoms with E-state index in [0.717, 1.165) is 43.9 Å². The first-order valence-electron chi connectivity index (χ1n) is 10.7. The molecule has 156 valence electrons. The van der Waals surface area contributed by atoms with Crippen LogP contribution < -0.4 is 9.64 Å². The zero-order valence-corrected chi connectivity index (χ0v) is 18.2. The number of aryl methyl sites for hydroxylation is 1. The van der Waals surface area contributed by atoms with Gasteiger partial charge in [0.05, 0.1) is 7.11 Å². The van der Waals surface area contributed by atoms with Gasteiger partial charge in [-0.15, -0.1) is 0 Å². The van der Waals surface area contributed by atoms with Crippen LogP contribution in [0.5, 0.6) is 5.75 Å². The number of anilines is 1. The quantitative estimate of drug-likeness (QED) is 0.659. The first-order valence-corrected chi connectivity index (χ1v) is 10.7. The molecule has 4 nitrogen and oxygen atoms in total. The van der Waals surface area contributed by atoms with Crippen molar-refractivity contribution in [3.05, 3.63) is 59.7 Å². The van der Waals surface area contributed by atoms with Gasteiger partial charge in [0.25, 0.3) is 0 Å². The third-order valence-corrected chi connectivity index (χ3v) is 5.65. The number of carbonyl (C=O) groups excluding carboxylic acids is 1. The smallest absolute Gasteiger partial charge is 0.227 e. The number of methoxy groups -OCH3 is 1. The largest absolute Gasteiger partial charge is 0.497 e. The lowest BCUT2D eigenvalue weighted by molar-refractivity contribution is -0.120. The summed E-state index contributed by atoms with van der Waals surface area (Å²) in [6.07, 6.45) is 2.58. The Balaban J connectivity index is 1.68. The van der Waals surface area contributed by atoms with E-state index in [-0.39, 0.29) is 11.9 Å². The predicted octanol–water partition coefficient (Wildman–Crippen LogP) is 5.05. The molecule has 0 aliphatic carbocycles. The Bertz CT molecular complexity index is 775. The number of rotatable bonds is 7. The zero-order chi connectivity index (χ0) is 20.8. The maximum absolute atomic E-state index is 13.1. The summed E-state index contributed by atoms with van der Waals surface area (Å²) in [6.45, 7) is 9.34. The average molecular weight is 395 g/mol. The lowest BCUT2D eigenvalue weighted by Crippen LogP contribution is -2.47. The lowest BCUT2D eigenvalue weighted by Gasteiger charge is -2.39. The van der Waals surface area contributed by atoms with Crippen molar-refractivity contribution in [3.8, 4) is 5.75 Å². The van der Waals surface area contributed by atoms with E-state index >= 15 is 0 Å². The SMILES string of the molecule is COc1ccc(N(C(=O)CC(C)C)C2CCN(Cc3ccc(C)cc3)CC2)cc1. The maximum Gasteiger partial charge on any atom is 0.227 e. The van der Waals surface area contributed by atoms with E-state index in [1.54, 1.807) is 7.11 Å². The molecule has 0 unspecified atom stereocenters. The van der Waals surface area contributed by atoms with E-state index < -0.39 is 0 Å². The summed E-state index contributed by atoms with van der Waals surface area (Å²) in [7, 11) is 1.67. The number of hydrogen-bond donors (Lipinski definition) is 0. The molecular weight excluding hydrogens is 360 g/mol. The molecule has 3 rings (SSSR count). The summed E-state index contributed by atoms with van der Waals surface area (Å²) in [5.41, 5.74) is 3.64. The highest BCUT2D eigenvalue weighted by atomic mass is 16.5. The number of carbonyl (C=O) groups is 1. The molecule has 0 saturated carbocycles. The topological polar surface area (TPSA) is 32.8 Å². The van der Waals surface area contributed by atoms with Crippen LogP contribution in [0.1, 0.15) is 44.2 Å². The molecule has 0 bridgehead atoms. The molecule has 0 aromatic heterocycles. The molecule has 1 amide bonds. The van der Waals surface area contributed by atoms with Gasteiger partial charge < -0.3 is 9.64 Å². The van der Waals surface area contributed by atoms with Crippen LogP contribution in [0.2, 0.25) is 0 Å². The van der Waals surface area contributed by atoms with Gasteiger partial charge in [-0.2, -0.15) is 0 Å². The second-order valence-electron chi connectivity index (χ2n) is 8.55. The fraction of sp³-hybridized carbons (Fsp3) is 0.480. The summed E-state index contributed by atoms with van der Waals surface area (Å²) >= 11 is 0. The van der Waals surface area contributed by atoms with E-state index in [1.807, 2.05) is 29.2 Å². The van der Waals surface area contributed by atoms with Gasteiger partial charge in [0.15, 0.2) is 0 Å². The summed E-state index contributed by atoms with van der Waals surface area (Å²) < 4.78 is 5.29. The van der Waals surface area contributed by atoms with E-state index in [4.69, 9.17) is 4.74 Å². The first kappa shape index (κ1) is 21.4. The number of amides is 1. The van der Waals surface area contributed by atoms with Gasteiger partial charge in [-0.05, 0) is 55.5 Å². The van der Waals surface area contributed by atoms with Crippen molar-refractivity contribution in [2.75, 3.05) is 25.1 Å². The fourth-order valence-corrected chi connectivity index (χ4v) is 4.04. The van der Waals surface area contributed by atoms with E-state index in [2.05, 4.69) is 49.9 Å². The molecule has 1 aliphatic rings. The highest BCUT2D eigenvalue weighted by Crippen LogP contribution is 2.28. The van der Waals surface area contributed by atoms with Gasteiger partial charge in [0, 0.05) is 37.8 Å². The number of piperidine rings is 1. The lowest BCUT2D eigenvalue weighted by atomic mass is 9.99. The Morgan fingerprint density at radius 1 is 1.07 bits per heavy atom. The van der Waals surface area contributed by atoms with Crippen molar-refractivity contribution in [1.29, 1.82) is 0 Å². The van der Waals surface area contributed by atoms with Crippen LogP contribution in [0.4, 0.5) is 5.69 Å². The van der Waals surface area contributed by atoms with Crippen LogP contribution in [-0.4, -0.2) is 37.0 Å². The summed E-state index contributed by atoms with van der Waals surface area (Å²) in [5, 5.41) is 0. The highest BCUT2D eigenvalue weighted by molar-refractivity contribution is 5.94. The van der Waals surface area contributed by atoms with E-state index in [9.17, 15) is 4.79 Å². The number of ether oxygens (including phenoxy) is 1. The Labute approximate surface area is 175 Å². The molecule has 1 heterocycles. The zero-order valence-electron chi connectivity index (χ0n) is 18.2. The molecule has 29 heavy (non-hydrogen) atoms. The number of nitrogens with zero attached hydrogens (tertiary/aromatic N) is 2. The molecule has 0 spiro atoms. The van der Waals surface area contributed by atoms with E-state index in [1.165, 1.54) is 11.1 Å². The molecule has 2 aromatic rings. The van der Waals surface area contributed by atoms with E-state index in [0.29, 0.717) is 12.3 Å². The van der Waals surface area contributed by atoms with Crippen LogP contribution >= 0.6 is 0 Å². The number of hydrogen-bond acceptors (Lipinski definition) is 3. The molecule has 1 aliphatic heterocycles. The third-order valence-electron chi connectivity index (χ3n) is 5.65. The van der Waals surface area contributed by atoms with Crippen LogP contribution in [0.25, 0.3) is 0 Å². The first-order chi connectivity index (χ1) is 14.0. The minimum absolute atomic E-state index is 0.224. The average Bonchev–Trinajstić information content (AvgIpc) is 2.71. The Kier molecular flexibility index (Phi) is 7.32. The van der Waals surface area contributed by atoms with Crippen molar-refractivity contribution in [3.63, 3.8) is 0 Å². The van der Waals surface area contributed by atoms with Gasteiger partial charge in [0.2, 0.25) is 5.91 Å². The van der Waals surface area contributed by atoms with Crippen molar-refractivity contribution in [2.24, 2.45) is 5.92 Å². The van der Waals surface area contributed by atoms with Crippen LogP contribution in [0.15, 0.2) is 48.5 Å². The van der Waals surface area contributed by atoms with Crippen LogP contribution in [0, 0.1) is 12.8 Å². The van der Waals surface area contributed by atoms with Gasteiger partial charge in [-0.25, -0.2) is 0 Å². The van der Waals surface area contributed by atoms with Crippen molar-refractivity contribution >= 4 is 11.6 Å². The minimum Gasteiger partial charge on any atom is -0.497 e. The molecule has 0 N–H and O–H groups in total. The molecule has 0 radical (unpaired) electrons. The molecule has 0 atom stereocenters. The maximum atomic E-state index is 13.1. The minimum atomic E-state index is 0.224. The monoisotopic (exact) mass is 394 g/mol. The third kappa shape index (κ3) is 5.83. The summed E-state index contributed by atoms with van der Waals surface area (Å²) in [6, 6.07) is 17.0. The van der Waals surface area contributed by atoms with Crippen molar-refractivity contribution in [2.45, 2.75) is 52.6 Å². The van der Waals surface area contributed by atoms with Gasteiger partial charge >= 0.3 is 0 Å². The van der Waals surface area contributed by atoms with Crippen LogP contribution in [-0.2, 0) is 11.3 Å². The second kappa shape index (κ2) is 9.93. The highest BCUT2D eigenvalue weighted by Gasteiger charge is 2.29. The standard InChI is InChI=1S/C25H34N2O2/c1-19(2)17-25(28)27(22-9-11-24(29-4)12-10-22)23-13-15-26(16-14-23)18-21-7-5-20(3)6-8-21/h5-12,19,23H,13-18H2,1-4H3. The Morgan fingerprint density at radius 3 is 2.24 bits per heavy atom. The van der Waals surface area contributed by atoms with Crippen molar-refractivity contribution < 1.29 is 9.53 Å². The summed E-state index contributed by atoms with van der Waals surface area (Å²) in [5.74, 6) is 1.39. The van der Waals surface area contributed by atoms with Crippen molar-refractivity contribution in [1.82, 2.24) is 4.90 Å². The number of likely N-dealkylation sites (tertiary alicyclic amines) is 1. The van der Waals surface area contributed by atoms with Gasteiger partial charge in [-0.1, -0.05) is 43.7 Å². The van der Waals surface area contributed by atoms with Gasteiger partial charge in [-0.3, -0.25) is 9.69 Å². The molecule has 1 saturated heterocycles.